The first-order valence-electron chi connectivity index (χ1n) is 9.22. The summed E-state index contributed by atoms with van der Waals surface area (Å²) in [5, 5.41) is 15.3. The van der Waals surface area contributed by atoms with Crippen molar-refractivity contribution in [3.05, 3.63) is 35.9 Å². The van der Waals surface area contributed by atoms with Gasteiger partial charge in [0.05, 0.1) is 17.6 Å². The number of benzene rings is 1. The highest BCUT2D eigenvalue weighted by Gasteiger charge is 2.60. The predicted molar refractivity (Wildman–Crippen MR) is 100 cm³/mol. The Labute approximate surface area is 153 Å². The molecule has 0 unspecified atom stereocenters. The second-order valence-electron chi connectivity index (χ2n) is 8.28. The number of amides is 1. The number of anilines is 1. The summed E-state index contributed by atoms with van der Waals surface area (Å²) in [4.78, 5) is 12.9. The minimum absolute atomic E-state index is 0.00805. The summed E-state index contributed by atoms with van der Waals surface area (Å²) in [6, 6.07) is 8.14. The van der Waals surface area contributed by atoms with Gasteiger partial charge in [0.2, 0.25) is 5.91 Å². The first kappa shape index (κ1) is 16.9. The maximum Gasteiger partial charge on any atom is 0.228 e. The average molecular weight is 351 g/mol. The van der Waals surface area contributed by atoms with Crippen LogP contribution in [0.1, 0.15) is 46.6 Å². The van der Waals surface area contributed by atoms with Crippen molar-refractivity contribution in [3.63, 3.8) is 0 Å². The molecule has 26 heavy (non-hydrogen) atoms. The Bertz CT molecular complexity index is 874. The van der Waals surface area contributed by atoms with E-state index >= 15 is 0 Å². The molecule has 2 aromatic rings. The van der Waals surface area contributed by atoms with Crippen molar-refractivity contribution in [2.75, 3.05) is 5.32 Å². The van der Waals surface area contributed by atoms with Gasteiger partial charge in [0.1, 0.15) is 0 Å². The van der Waals surface area contributed by atoms with Crippen molar-refractivity contribution in [3.8, 4) is 11.4 Å². The van der Waals surface area contributed by atoms with Gasteiger partial charge >= 0.3 is 0 Å². The minimum atomic E-state index is -0.00937. The monoisotopic (exact) mass is 351 g/mol. The van der Waals surface area contributed by atoms with E-state index in [2.05, 4.69) is 54.6 Å². The van der Waals surface area contributed by atoms with Gasteiger partial charge in [0.25, 0.3) is 0 Å². The smallest absolute Gasteiger partial charge is 0.228 e. The predicted octanol–water partition coefficient (Wildman–Crippen LogP) is 3.85. The summed E-state index contributed by atoms with van der Waals surface area (Å²) in [5.74, 6) is 1.07. The standard InChI is InChI=1S/C20H25N5O/c1-12(2)11-15-17(20(15,3)4)19(26)21-16-8-6-5-7-14(16)18-22-23-24-25(18)13-9-10-13/h5-8,11,13,15,17H,9-10H2,1-4H3,(H,21,26)/t15-,17+/m1/s1. The van der Waals surface area contributed by atoms with Gasteiger partial charge in [-0.1, -0.05) is 37.6 Å². The van der Waals surface area contributed by atoms with Crippen molar-refractivity contribution in [2.24, 2.45) is 17.3 Å². The maximum absolute atomic E-state index is 12.9. The largest absolute Gasteiger partial charge is 0.325 e. The van der Waals surface area contributed by atoms with Gasteiger partial charge in [-0.25, -0.2) is 4.68 Å². The van der Waals surface area contributed by atoms with Crippen molar-refractivity contribution in [1.29, 1.82) is 0 Å². The van der Waals surface area contributed by atoms with E-state index in [-0.39, 0.29) is 23.2 Å². The number of para-hydroxylation sites is 1. The molecule has 1 N–H and O–H groups in total. The fourth-order valence-corrected chi connectivity index (χ4v) is 3.78. The van der Waals surface area contributed by atoms with E-state index in [1.54, 1.807) is 0 Å². The van der Waals surface area contributed by atoms with Crippen LogP contribution >= 0.6 is 0 Å². The van der Waals surface area contributed by atoms with E-state index in [9.17, 15) is 4.79 Å². The van der Waals surface area contributed by atoms with Crippen LogP contribution in [0.4, 0.5) is 5.69 Å². The van der Waals surface area contributed by atoms with Crippen molar-refractivity contribution in [2.45, 2.75) is 46.6 Å². The quantitative estimate of drug-likeness (QED) is 0.831. The topological polar surface area (TPSA) is 72.7 Å². The highest BCUT2D eigenvalue weighted by atomic mass is 16.2. The molecule has 0 aliphatic heterocycles. The molecule has 2 saturated carbocycles. The molecule has 0 saturated heterocycles. The van der Waals surface area contributed by atoms with Gasteiger partial charge in [-0.3, -0.25) is 4.79 Å². The molecule has 0 bridgehead atoms. The number of hydrogen-bond donors (Lipinski definition) is 1. The molecule has 0 spiro atoms. The van der Waals surface area contributed by atoms with E-state index in [1.807, 2.05) is 28.9 Å². The number of aromatic nitrogens is 4. The Morgan fingerprint density at radius 1 is 1.27 bits per heavy atom. The van der Waals surface area contributed by atoms with Crippen molar-refractivity contribution >= 4 is 11.6 Å². The summed E-state index contributed by atoms with van der Waals surface area (Å²) in [6.45, 7) is 8.47. The lowest BCUT2D eigenvalue weighted by Gasteiger charge is -2.11. The van der Waals surface area contributed by atoms with Gasteiger partial charge in [-0.15, -0.1) is 5.10 Å². The van der Waals surface area contributed by atoms with Crippen LogP contribution in [0, 0.1) is 17.3 Å². The Hall–Kier alpha value is -2.50. The lowest BCUT2D eigenvalue weighted by Crippen LogP contribution is -2.17. The molecule has 1 aromatic carbocycles. The molecule has 4 rings (SSSR count). The Balaban J connectivity index is 1.59. The number of carbonyl (C=O) groups is 1. The van der Waals surface area contributed by atoms with E-state index in [0.717, 1.165) is 29.9 Å². The third-order valence-corrected chi connectivity index (χ3v) is 5.52. The SMILES string of the molecule is CC(C)=C[C@@H]1[C@@H](C(=O)Nc2ccccc2-c2nnnn2C2CC2)C1(C)C. The number of tetrazole rings is 1. The number of rotatable bonds is 5. The molecule has 1 amide bonds. The van der Waals surface area contributed by atoms with E-state index in [1.165, 1.54) is 5.57 Å². The molecule has 2 aliphatic rings. The molecule has 136 valence electrons. The number of allylic oxidation sites excluding steroid dienone is 2. The first-order chi connectivity index (χ1) is 12.4. The maximum atomic E-state index is 12.9. The zero-order valence-corrected chi connectivity index (χ0v) is 15.7. The summed E-state index contributed by atoms with van der Waals surface area (Å²) >= 11 is 0. The van der Waals surface area contributed by atoms with Gasteiger partial charge in [-0.05, 0) is 60.6 Å². The van der Waals surface area contributed by atoms with E-state index in [0.29, 0.717) is 6.04 Å². The molecular formula is C20H25N5O. The molecular weight excluding hydrogens is 326 g/mol. The Kier molecular flexibility index (Phi) is 3.93. The third kappa shape index (κ3) is 2.93. The highest BCUT2D eigenvalue weighted by molar-refractivity contribution is 5.98. The van der Waals surface area contributed by atoms with Crippen LogP contribution in [-0.2, 0) is 4.79 Å². The summed E-state index contributed by atoms with van der Waals surface area (Å²) < 4.78 is 1.87. The third-order valence-electron chi connectivity index (χ3n) is 5.52. The Morgan fingerprint density at radius 3 is 2.69 bits per heavy atom. The van der Waals surface area contributed by atoms with Crippen LogP contribution in [0.15, 0.2) is 35.9 Å². The van der Waals surface area contributed by atoms with Gasteiger partial charge in [0.15, 0.2) is 5.82 Å². The second kappa shape index (κ2) is 6.04. The lowest BCUT2D eigenvalue weighted by molar-refractivity contribution is -0.118. The molecule has 2 atom stereocenters. The minimum Gasteiger partial charge on any atom is -0.325 e. The number of hydrogen-bond acceptors (Lipinski definition) is 4. The van der Waals surface area contributed by atoms with Crippen LogP contribution in [0.2, 0.25) is 0 Å². The van der Waals surface area contributed by atoms with Gasteiger partial charge in [-0.2, -0.15) is 0 Å². The fourth-order valence-electron chi connectivity index (χ4n) is 3.78. The number of nitrogens with one attached hydrogen (secondary N) is 1. The first-order valence-corrected chi connectivity index (χ1v) is 9.22. The summed E-state index contributed by atoms with van der Waals surface area (Å²) in [6.07, 6.45) is 4.42. The van der Waals surface area contributed by atoms with E-state index < -0.39 is 0 Å². The van der Waals surface area contributed by atoms with Gasteiger partial charge < -0.3 is 5.32 Å². The zero-order chi connectivity index (χ0) is 18.5. The van der Waals surface area contributed by atoms with E-state index in [4.69, 9.17) is 0 Å². The van der Waals surface area contributed by atoms with Crippen molar-refractivity contribution in [1.82, 2.24) is 20.2 Å². The summed E-state index contributed by atoms with van der Waals surface area (Å²) in [7, 11) is 0. The number of carbonyl (C=O) groups excluding carboxylic acids is 1. The summed E-state index contributed by atoms with van der Waals surface area (Å²) in [5.41, 5.74) is 2.89. The van der Waals surface area contributed by atoms with Gasteiger partial charge in [0, 0.05) is 5.56 Å². The molecule has 1 aromatic heterocycles. The molecule has 0 radical (unpaired) electrons. The second-order valence-corrected chi connectivity index (χ2v) is 8.28. The van der Waals surface area contributed by atoms with Crippen LogP contribution in [0.3, 0.4) is 0 Å². The van der Waals surface area contributed by atoms with Crippen LogP contribution in [0.25, 0.3) is 11.4 Å². The molecule has 2 fully saturated rings. The van der Waals surface area contributed by atoms with Crippen LogP contribution in [-0.4, -0.2) is 26.1 Å². The van der Waals surface area contributed by atoms with Crippen LogP contribution < -0.4 is 5.32 Å². The fraction of sp³-hybridized carbons (Fsp3) is 0.500. The van der Waals surface area contributed by atoms with Crippen LogP contribution in [0.5, 0.6) is 0 Å². The number of nitrogens with zero attached hydrogens (tertiary/aromatic N) is 4. The average Bonchev–Trinajstić information content (AvgIpc) is 3.44. The van der Waals surface area contributed by atoms with Crippen molar-refractivity contribution < 1.29 is 4.79 Å². The zero-order valence-electron chi connectivity index (χ0n) is 15.7. The Morgan fingerprint density at radius 2 is 2.00 bits per heavy atom. The normalized spacial score (nSPS) is 23.4. The molecule has 2 aliphatic carbocycles. The molecule has 6 heteroatoms. The molecule has 1 heterocycles. The highest BCUT2D eigenvalue weighted by Crippen LogP contribution is 2.59. The molecule has 6 nitrogen and oxygen atoms in total. The lowest BCUT2D eigenvalue weighted by atomic mass is 10.1.